The van der Waals surface area contributed by atoms with E-state index < -0.39 is 12.1 Å². The second-order valence-electron chi connectivity index (χ2n) is 6.82. The molecule has 1 atom stereocenters. The highest BCUT2D eigenvalue weighted by molar-refractivity contribution is 5.88. The maximum Gasteiger partial charge on any atom is 0.407 e. The first-order valence-electron chi connectivity index (χ1n) is 9.05. The van der Waals surface area contributed by atoms with E-state index in [0.29, 0.717) is 19.0 Å². The smallest absolute Gasteiger partial charge is 0.407 e. The molecular weight excluding hydrogens is 348 g/mol. The molecule has 2 aliphatic rings. The Morgan fingerprint density at radius 1 is 1.33 bits per heavy atom. The lowest BCUT2D eigenvalue weighted by atomic mass is 9.89. The Kier molecular flexibility index (Phi) is 4.70. The maximum atomic E-state index is 12.5. The predicted octanol–water partition coefficient (Wildman–Crippen LogP) is 1.90. The van der Waals surface area contributed by atoms with Crippen molar-refractivity contribution in [3.63, 3.8) is 0 Å². The summed E-state index contributed by atoms with van der Waals surface area (Å²) in [5.74, 6) is 1.03. The van der Waals surface area contributed by atoms with Crippen LogP contribution in [0.4, 0.5) is 4.79 Å². The molecule has 0 bridgehead atoms. The van der Waals surface area contributed by atoms with Crippen molar-refractivity contribution in [2.75, 3.05) is 26.8 Å². The molecule has 2 amide bonds. The molecule has 2 saturated heterocycles. The van der Waals surface area contributed by atoms with E-state index in [-0.39, 0.29) is 12.5 Å². The highest BCUT2D eigenvalue weighted by atomic mass is 16.6. The SMILES string of the molecule is COc1cccc(-c2cn[nH]c2C2CCN(C(=O)C3COC(=O)N3)CC2)c1. The number of nitrogens with zero attached hydrogens (tertiary/aromatic N) is 2. The van der Waals surface area contributed by atoms with Crippen molar-refractivity contribution in [3.8, 4) is 16.9 Å². The molecule has 0 aliphatic carbocycles. The molecule has 2 fully saturated rings. The Hall–Kier alpha value is -3.03. The highest BCUT2D eigenvalue weighted by Crippen LogP contribution is 2.35. The van der Waals surface area contributed by atoms with Crippen molar-refractivity contribution in [1.82, 2.24) is 20.4 Å². The molecule has 1 aromatic carbocycles. The van der Waals surface area contributed by atoms with Gasteiger partial charge >= 0.3 is 6.09 Å². The summed E-state index contributed by atoms with van der Waals surface area (Å²) in [6.07, 6.45) is 3.00. The Bertz CT molecular complexity index is 842. The van der Waals surface area contributed by atoms with Gasteiger partial charge in [-0.15, -0.1) is 0 Å². The molecule has 1 aromatic heterocycles. The lowest BCUT2D eigenvalue weighted by Crippen LogP contribution is -2.48. The van der Waals surface area contributed by atoms with Gasteiger partial charge in [0, 0.05) is 30.3 Å². The van der Waals surface area contributed by atoms with E-state index in [4.69, 9.17) is 9.47 Å². The van der Waals surface area contributed by atoms with Crippen LogP contribution in [-0.4, -0.2) is 59.9 Å². The Balaban J connectivity index is 1.44. The highest BCUT2D eigenvalue weighted by Gasteiger charge is 2.34. The molecule has 142 valence electrons. The van der Waals surface area contributed by atoms with Gasteiger partial charge in [-0.3, -0.25) is 9.89 Å². The van der Waals surface area contributed by atoms with Gasteiger partial charge in [-0.05, 0) is 30.5 Å². The molecule has 8 heteroatoms. The molecule has 0 spiro atoms. The monoisotopic (exact) mass is 370 g/mol. The normalized spacial score (nSPS) is 20.3. The van der Waals surface area contributed by atoms with Gasteiger partial charge in [0.25, 0.3) is 0 Å². The summed E-state index contributed by atoms with van der Waals surface area (Å²) in [5, 5.41) is 9.94. The average molecular weight is 370 g/mol. The second-order valence-corrected chi connectivity index (χ2v) is 6.82. The minimum atomic E-state index is -0.562. The molecule has 3 heterocycles. The summed E-state index contributed by atoms with van der Waals surface area (Å²) in [5.41, 5.74) is 3.21. The quantitative estimate of drug-likeness (QED) is 0.857. The lowest BCUT2D eigenvalue weighted by molar-refractivity contribution is -0.134. The molecule has 0 saturated carbocycles. The van der Waals surface area contributed by atoms with E-state index in [2.05, 4.69) is 15.5 Å². The third-order valence-corrected chi connectivity index (χ3v) is 5.24. The number of aromatic amines is 1. The fraction of sp³-hybridized carbons (Fsp3) is 0.421. The predicted molar refractivity (Wildman–Crippen MR) is 97.4 cm³/mol. The Morgan fingerprint density at radius 2 is 2.15 bits per heavy atom. The van der Waals surface area contributed by atoms with Crippen LogP contribution in [0.25, 0.3) is 11.1 Å². The van der Waals surface area contributed by atoms with Gasteiger partial charge in [0.15, 0.2) is 0 Å². The standard InChI is InChI=1S/C19H22N4O4/c1-26-14-4-2-3-13(9-14)15-10-20-22-17(15)12-5-7-23(8-6-12)18(24)16-11-27-19(25)21-16/h2-4,9-10,12,16H,5-8,11H2,1H3,(H,20,22)(H,21,25). The zero-order chi connectivity index (χ0) is 18.8. The van der Waals surface area contributed by atoms with Gasteiger partial charge in [-0.1, -0.05) is 12.1 Å². The largest absolute Gasteiger partial charge is 0.497 e. The van der Waals surface area contributed by atoms with Crippen LogP contribution in [0.1, 0.15) is 24.5 Å². The number of alkyl carbamates (subject to hydrolysis) is 1. The van der Waals surface area contributed by atoms with E-state index in [1.807, 2.05) is 30.5 Å². The number of piperidine rings is 1. The number of carbonyl (C=O) groups is 2. The maximum absolute atomic E-state index is 12.5. The number of hydrogen-bond donors (Lipinski definition) is 2. The van der Waals surface area contributed by atoms with Gasteiger partial charge in [-0.25, -0.2) is 4.79 Å². The number of likely N-dealkylation sites (tertiary alicyclic amines) is 1. The molecule has 1 unspecified atom stereocenters. The topological polar surface area (TPSA) is 96.6 Å². The number of benzene rings is 1. The van der Waals surface area contributed by atoms with Crippen molar-refractivity contribution >= 4 is 12.0 Å². The molecule has 2 aromatic rings. The molecule has 8 nitrogen and oxygen atoms in total. The minimum Gasteiger partial charge on any atom is -0.497 e. The van der Waals surface area contributed by atoms with Gasteiger partial charge in [0.2, 0.25) is 5.91 Å². The van der Waals surface area contributed by atoms with Crippen molar-refractivity contribution in [2.45, 2.75) is 24.8 Å². The van der Waals surface area contributed by atoms with Crippen molar-refractivity contribution in [2.24, 2.45) is 0 Å². The number of amides is 2. The molecule has 4 rings (SSSR count). The second kappa shape index (κ2) is 7.30. The van der Waals surface area contributed by atoms with Crippen LogP contribution in [-0.2, 0) is 9.53 Å². The van der Waals surface area contributed by atoms with Gasteiger partial charge in [0.1, 0.15) is 18.4 Å². The van der Waals surface area contributed by atoms with Crippen LogP contribution in [0, 0.1) is 0 Å². The zero-order valence-electron chi connectivity index (χ0n) is 15.1. The first-order chi connectivity index (χ1) is 13.2. The van der Waals surface area contributed by atoms with Crippen LogP contribution in [0.5, 0.6) is 5.75 Å². The van der Waals surface area contributed by atoms with Crippen LogP contribution < -0.4 is 10.1 Å². The number of carbonyl (C=O) groups excluding carboxylic acids is 2. The van der Waals surface area contributed by atoms with Crippen LogP contribution in [0.15, 0.2) is 30.5 Å². The van der Waals surface area contributed by atoms with Gasteiger partial charge in [0.05, 0.1) is 13.3 Å². The fourth-order valence-corrected chi connectivity index (χ4v) is 3.75. The minimum absolute atomic E-state index is 0.0723. The molecule has 2 aliphatic heterocycles. The average Bonchev–Trinajstić information content (AvgIpc) is 3.37. The third-order valence-electron chi connectivity index (χ3n) is 5.24. The Labute approximate surface area is 156 Å². The number of rotatable bonds is 4. The summed E-state index contributed by atoms with van der Waals surface area (Å²) in [6, 6.07) is 7.35. The summed E-state index contributed by atoms with van der Waals surface area (Å²) in [7, 11) is 1.65. The van der Waals surface area contributed by atoms with E-state index in [0.717, 1.165) is 35.4 Å². The molecule has 27 heavy (non-hydrogen) atoms. The number of H-pyrrole nitrogens is 1. The summed E-state index contributed by atoms with van der Waals surface area (Å²) in [4.78, 5) is 25.4. The van der Waals surface area contributed by atoms with Crippen LogP contribution in [0.2, 0.25) is 0 Å². The number of methoxy groups -OCH3 is 1. The fourth-order valence-electron chi connectivity index (χ4n) is 3.75. The first kappa shape index (κ1) is 17.4. The van der Waals surface area contributed by atoms with E-state index in [1.54, 1.807) is 12.0 Å². The van der Waals surface area contributed by atoms with Crippen molar-refractivity contribution in [1.29, 1.82) is 0 Å². The van der Waals surface area contributed by atoms with E-state index in [9.17, 15) is 9.59 Å². The van der Waals surface area contributed by atoms with Crippen molar-refractivity contribution < 1.29 is 19.1 Å². The number of aromatic nitrogens is 2. The van der Waals surface area contributed by atoms with E-state index >= 15 is 0 Å². The van der Waals surface area contributed by atoms with Crippen LogP contribution in [0.3, 0.4) is 0 Å². The van der Waals surface area contributed by atoms with Crippen molar-refractivity contribution in [3.05, 3.63) is 36.2 Å². The lowest BCUT2D eigenvalue weighted by Gasteiger charge is -2.33. The summed E-state index contributed by atoms with van der Waals surface area (Å²) >= 11 is 0. The zero-order valence-corrected chi connectivity index (χ0v) is 15.1. The van der Waals surface area contributed by atoms with Gasteiger partial charge < -0.3 is 19.7 Å². The first-order valence-corrected chi connectivity index (χ1v) is 9.05. The molecular formula is C19H22N4O4. The summed E-state index contributed by atoms with van der Waals surface area (Å²) < 4.78 is 10.1. The summed E-state index contributed by atoms with van der Waals surface area (Å²) in [6.45, 7) is 1.40. The van der Waals surface area contributed by atoms with Gasteiger partial charge in [-0.2, -0.15) is 5.10 Å². The number of ether oxygens (including phenoxy) is 2. The Morgan fingerprint density at radius 3 is 2.85 bits per heavy atom. The third kappa shape index (κ3) is 3.47. The van der Waals surface area contributed by atoms with E-state index in [1.165, 1.54) is 0 Å². The number of nitrogens with one attached hydrogen (secondary N) is 2. The number of hydrogen-bond acceptors (Lipinski definition) is 5. The molecule has 2 N–H and O–H groups in total. The molecule has 0 radical (unpaired) electrons. The number of cyclic esters (lactones) is 1. The van der Waals surface area contributed by atoms with Crippen LogP contribution >= 0.6 is 0 Å².